The molecule has 0 bridgehead atoms. The molecule has 0 radical (unpaired) electrons. The molecule has 58 valence electrons. The maximum atomic E-state index is 10.2. The van der Waals surface area contributed by atoms with Gasteiger partial charge in [-0.05, 0) is 11.7 Å². The lowest BCUT2D eigenvalue weighted by Crippen LogP contribution is -1.87. The highest BCUT2D eigenvalue weighted by atomic mass is 31.0. The van der Waals surface area contributed by atoms with E-state index in [0.29, 0.717) is 0 Å². The Labute approximate surface area is 66.8 Å². The minimum absolute atomic E-state index is 0.146. The van der Waals surface area contributed by atoms with Crippen LogP contribution in [0.25, 0.3) is 0 Å². The van der Waals surface area contributed by atoms with E-state index < -0.39 is 4.92 Å². The maximum Gasteiger partial charge on any atom is 0.269 e. The third-order valence-corrected chi connectivity index (χ3v) is 1.85. The number of hydrogen-bond acceptors (Lipinski definition) is 2. The van der Waals surface area contributed by atoms with Crippen LogP contribution >= 0.6 is 9.24 Å². The minimum Gasteiger partial charge on any atom is -0.258 e. The normalized spacial score (nSPS) is 9.55. The molecular weight excluding hydrogens is 161 g/mol. The van der Waals surface area contributed by atoms with Gasteiger partial charge in [0.1, 0.15) is 0 Å². The van der Waals surface area contributed by atoms with Gasteiger partial charge in [0.25, 0.3) is 5.69 Å². The van der Waals surface area contributed by atoms with E-state index in [1.807, 2.05) is 0 Å². The standard InChI is InChI=1S/C7H8NO2P/c9-8(10)7-3-1-6(5-11)2-4-7/h1-4H,5,11H2. The molecule has 3 nitrogen and oxygen atoms in total. The molecule has 1 rings (SSSR count). The smallest absolute Gasteiger partial charge is 0.258 e. The van der Waals surface area contributed by atoms with Crippen LogP contribution in [-0.4, -0.2) is 4.92 Å². The highest BCUT2D eigenvalue weighted by Crippen LogP contribution is 2.13. The Morgan fingerprint density at radius 3 is 2.27 bits per heavy atom. The molecule has 0 amide bonds. The first-order valence-electron chi connectivity index (χ1n) is 3.17. The average Bonchev–Trinajstić information content (AvgIpc) is 2.05. The average molecular weight is 169 g/mol. The van der Waals surface area contributed by atoms with Crippen LogP contribution < -0.4 is 0 Å². The zero-order valence-corrected chi connectivity index (χ0v) is 7.01. The molecular formula is C7H8NO2P. The zero-order chi connectivity index (χ0) is 8.27. The molecule has 4 heteroatoms. The predicted molar refractivity (Wildman–Crippen MR) is 46.5 cm³/mol. The van der Waals surface area contributed by atoms with E-state index >= 15 is 0 Å². The van der Waals surface area contributed by atoms with Gasteiger partial charge in [0.05, 0.1) is 4.92 Å². The first kappa shape index (κ1) is 8.15. The second-order valence-electron chi connectivity index (χ2n) is 2.13. The van der Waals surface area contributed by atoms with Crippen molar-refractivity contribution in [2.24, 2.45) is 0 Å². The SMILES string of the molecule is O=[N+]([O-])c1ccc(CP)cc1. The second-order valence-corrected chi connectivity index (χ2v) is 2.54. The number of benzene rings is 1. The molecule has 0 heterocycles. The lowest BCUT2D eigenvalue weighted by Gasteiger charge is -1.93. The summed E-state index contributed by atoms with van der Waals surface area (Å²) in [5.41, 5.74) is 1.23. The fourth-order valence-corrected chi connectivity index (χ4v) is 1.03. The van der Waals surface area contributed by atoms with Gasteiger partial charge >= 0.3 is 0 Å². The van der Waals surface area contributed by atoms with Crippen LogP contribution in [0.1, 0.15) is 5.56 Å². The molecule has 0 spiro atoms. The first-order valence-corrected chi connectivity index (χ1v) is 3.99. The monoisotopic (exact) mass is 169 g/mol. The largest absolute Gasteiger partial charge is 0.269 e. The van der Waals surface area contributed by atoms with Crippen molar-refractivity contribution in [3.8, 4) is 0 Å². The lowest BCUT2D eigenvalue weighted by molar-refractivity contribution is -0.384. The molecule has 0 aliphatic carbocycles. The molecule has 1 aromatic rings. The van der Waals surface area contributed by atoms with Crippen LogP contribution in [0.3, 0.4) is 0 Å². The van der Waals surface area contributed by atoms with Crippen molar-refractivity contribution in [2.45, 2.75) is 6.16 Å². The number of rotatable bonds is 2. The summed E-state index contributed by atoms with van der Waals surface area (Å²) < 4.78 is 0. The summed E-state index contributed by atoms with van der Waals surface area (Å²) in [4.78, 5) is 9.80. The number of hydrogen-bond donors (Lipinski definition) is 0. The number of nitro benzene ring substituents is 1. The lowest BCUT2D eigenvalue weighted by atomic mass is 10.2. The van der Waals surface area contributed by atoms with Crippen molar-refractivity contribution in [2.75, 3.05) is 0 Å². The van der Waals surface area contributed by atoms with Crippen molar-refractivity contribution < 1.29 is 4.92 Å². The molecule has 11 heavy (non-hydrogen) atoms. The van der Waals surface area contributed by atoms with Gasteiger partial charge in [0, 0.05) is 12.1 Å². The van der Waals surface area contributed by atoms with Crippen molar-refractivity contribution in [1.29, 1.82) is 0 Å². The number of nitrogens with zero attached hydrogens (tertiary/aromatic N) is 1. The van der Waals surface area contributed by atoms with Gasteiger partial charge in [-0.25, -0.2) is 0 Å². The Morgan fingerprint density at radius 2 is 1.91 bits per heavy atom. The summed E-state index contributed by atoms with van der Waals surface area (Å²) in [6.45, 7) is 0. The van der Waals surface area contributed by atoms with Crippen LogP contribution in [0.5, 0.6) is 0 Å². The van der Waals surface area contributed by atoms with E-state index in [9.17, 15) is 10.1 Å². The predicted octanol–water partition coefficient (Wildman–Crippen LogP) is 1.97. The minimum atomic E-state index is -0.396. The summed E-state index contributed by atoms with van der Waals surface area (Å²) in [6, 6.07) is 6.54. The van der Waals surface area contributed by atoms with E-state index in [1.54, 1.807) is 12.1 Å². The molecule has 0 aliphatic heterocycles. The summed E-state index contributed by atoms with van der Waals surface area (Å²) >= 11 is 0. The molecule has 0 saturated heterocycles. The van der Waals surface area contributed by atoms with E-state index in [-0.39, 0.29) is 5.69 Å². The van der Waals surface area contributed by atoms with Gasteiger partial charge in [-0.2, -0.15) is 0 Å². The number of non-ortho nitro benzene ring substituents is 1. The quantitative estimate of drug-likeness (QED) is 0.386. The summed E-state index contributed by atoms with van der Waals surface area (Å²) in [5, 5.41) is 10.2. The van der Waals surface area contributed by atoms with Crippen LogP contribution in [0.4, 0.5) is 5.69 Å². The highest BCUT2D eigenvalue weighted by Gasteiger charge is 2.01. The number of nitro groups is 1. The first-order chi connectivity index (χ1) is 5.24. The van der Waals surface area contributed by atoms with Gasteiger partial charge in [-0.15, -0.1) is 9.24 Å². The molecule has 0 fully saturated rings. The molecule has 1 atom stereocenters. The van der Waals surface area contributed by atoms with Gasteiger partial charge < -0.3 is 0 Å². The topological polar surface area (TPSA) is 43.1 Å². The third kappa shape index (κ3) is 1.99. The molecule has 0 saturated carbocycles. The van der Waals surface area contributed by atoms with Gasteiger partial charge in [-0.3, -0.25) is 10.1 Å². The Morgan fingerprint density at radius 1 is 1.36 bits per heavy atom. The summed E-state index contributed by atoms with van der Waals surface area (Å²) in [5.74, 6) is 0. The van der Waals surface area contributed by atoms with Crippen molar-refractivity contribution in [3.63, 3.8) is 0 Å². The molecule has 0 aromatic heterocycles. The Kier molecular flexibility index (Phi) is 2.55. The van der Waals surface area contributed by atoms with E-state index in [0.717, 1.165) is 11.7 Å². The van der Waals surface area contributed by atoms with Crippen molar-refractivity contribution >= 4 is 14.9 Å². The molecule has 1 aromatic carbocycles. The van der Waals surface area contributed by atoms with Crippen molar-refractivity contribution in [3.05, 3.63) is 39.9 Å². The van der Waals surface area contributed by atoms with E-state index in [2.05, 4.69) is 9.24 Å². The fourth-order valence-electron chi connectivity index (χ4n) is 0.754. The Balaban J connectivity index is 2.91. The Hall–Kier alpha value is -0.950. The van der Waals surface area contributed by atoms with Gasteiger partial charge in [0.2, 0.25) is 0 Å². The fraction of sp³-hybridized carbons (Fsp3) is 0.143. The second kappa shape index (κ2) is 3.44. The summed E-state index contributed by atoms with van der Waals surface area (Å²) in [6.07, 6.45) is 0.831. The van der Waals surface area contributed by atoms with Crippen LogP contribution in [0.2, 0.25) is 0 Å². The van der Waals surface area contributed by atoms with Gasteiger partial charge in [-0.1, -0.05) is 12.1 Å². The Bertz CT molecular complexity index is 258. The van der Waals surface area contributed by atoms with Crippen LogP contribution in [0.15, 0.2) is 24.3 Å². The molecule has 1 unspecified atom stereocenters. The molecule has 0 aliphatic rings. The highest BCUT2D eigenvalue weighted by molar-refractivity contribution is 7.15. The summed E-state index contributed by atoms with van der Waals surface area (Å²) in [7, 11) is 2.56. The molecule has 0 N–H and O–H groups in total. The zero-order valence-electron chi connectivity index (χ0n) is 5.86. The van der Waals surface area contributed by atoms with Crippen molar-refractivity contribution in [1.82, 2.24) is 0 Å². The maximum absolute atomic E-state index is 10.2. The van der Waals surface area contributed by atoms with E-state index in [1.165, 1.54) is 12.1 Å². The third-order valence-electron chi connectivity index (χ3n) is 1.38. The van der Waals surface area contributed by atoms with E-state index in [4.69, 9.17) is 0 Å². The van der Waals surface area contributed by atoms with Crippen LogP contribution in [-0.2, 0) is 6.16 Å². The van der Waals surface area contributed by atoms with Crippen LogP contribution in [0, 0.1) is 10.1 Å². The van der Waals surface area contributed by atoms with Gasteiger partial charge in [0.15, 0.2) is 0 Å².